The van der Waals surface area contributed by atoms with Crippen molar-refractivity contribution in [2.75, 3.05) is 26.2 Å². The van der Waals surface area contributed by atoms with Crippen molar-refractivity contribution in [3.63, 3.8) is 0 Å². The third-order valence-corrected chi connectivity index (χ3v) is 3.62. The molecule has 0 amide bonds. The smallest absolute Gasteiger partial charge is 0.185 e. The van der Waals surface area contributed by atoms with Crippen LogP contribution >= 0.6 is 0 Å². The average Bonchev–Trinajstić information content (AvgIpc) is 2.89. The van der Waals surface area contributed by atoms with Crippen LogP contribution in [-0.2, 0) is 9.47 Å². The van der Waals surface area contributed by atoms with Crippen LogP contribution in [0.3, 0.4) is 0 Å². The molecule has 0 saturated carbocycles. The zero-order chi connectivity index (χ0) is 12.2. The van der Waals surface area contributed by atoms with Gasteiger partial charge in [0.05, 0.1) is 12.7 Å². The Labute approximate surface area is 108 Å². The average molecular weight is 248 g/mol. The first-order valence-corrected chi connectivity index (χ1v) is 6.81. The van der Waals surface area contributed by atoms with E-state index in [-0.39, 0.29) is 12.4 Å². The molecule has 2 aliphatic heterocycles. The Morgan fingerprint density at radius 3 is 2.94 bits per heavy atom. The highest BCUT2D eigenvalue weighted by molar-refractivity contribution is 5.10. The van der Waals surface area contributed by atoms with Crippen LogP contribution in [-0.4, -0.2) is 42.2 Å². The van der Waals surface area contributed by atoms with E-state index in [0.29, 0.717) is 6.61 Å². The van der Waals surface area contributed by atoms with Gasteiger partial charge in [0.1, 0.15) is 0 Å². The second kappa shape index (κ2) is 5.78. The molecule has 0 N–H and O–H groups in total. The predicted octanol–water partition coefficient (Wildman–Crippen LogP) is 1.98. The number of pyridine rings is 1. The fraction of sp³-hybridized carbons (Fsp3) is 0.643. The molecule has 4 heteroatoms. The molecule has 18 heavy (non-hydrogen) atoms. The van der Waals surface area contributed by atoms with Gasteiger partial charge in [0.15, 0.2) is 6.29 Å². The van der Waals surface area contributed by atoms with E-state index in [1.165, 1.54) is 32.4 Å². The van der Waals surface area contributed by atoms with Gasteiger partial charge in [0.2, 0.25) is 0 Å². The van der Waals surface area contributed by atoms with E-state index in [9.17, 15) is 0 Å². The summed E-state index contributed by atoms with van der Waals surface area (Å²) < 4.78 is 11.7. The minimum atomic E-state index is -0.228. The minimum Gasteiger partial charge on any atom is -0.346 e. The first-order chi connectivity index (χ1) is 8.92. The first kappa shape index (κ1) is 12.1. The molecule has 2 fully saturated rings. The SMILES string of the molecule is c1cncc([C@@H]2OC[C@H](CN3CCCCC3)O2)c1. The maximum absolute atomic E-state index is 5.95. The molecule has 2 atom stereocenters. The summed E-state index contributed by atoms with van der Waals surface area (Å²) in [5.41, 5.74) is 1.01. The van der Waals surface area contributed by atoms with E-state index in [1.807, 2.05) is 18.3 Å². The van der Waals surface area contributed by atoms with Crippen LogP contribution in [0.5, 0.6) is 0 Å². The second-order valence-corrected chi connectivity index (χ2v) is 5.07. The molecular weight excluding hydrogens is 228 g/mol. The lowest BCUT2D eigenvalue weighted by Gasteiger charge is -2.28. The number of nitrogens with zero attached hydrogens (tertiary/aromatic N) is 2. The quantitative estimate of drug-likeness (QED) is 0.819. The maximum atomic E-state index is 5.95. The molecule has 0 unspecified atom stereocenters. The third-order valence-electron chi connectivity index (χ3n) is 3.62. The Hall–Kier alpha value is -0.970. The summed E-state index contributed by atoms with van der Waals surface area (Å²) in [7, 11) is 0. The van der Waals surface area contributed by atoms with Gasteiger partial charge in [-0.2, -0.15) is 0 Å². The number of aromatic nitrogens is 1. The van der Waals surface area contributed by atoms with Gasteiger partial charge >= 0.3 is 0 Å². The Kier molecular flexibility index (Phi) is 3.88. The number of rotatable bonds is 3. The molecule has 0 spiro atoms. The largest absolute Gasteiger partial charge is 0.346 e. The molecule has 98 valence electrons. The van der Waals surface area contributed by atoms with E-state index >= 15 is 0 Å². The molecule has 1 aromatic rings. The van der Waals surface area contributed by atoms with E-state index in [2.05, 4.69) is 9.88 Å². The topological polar surface area (TPSA) is 34.6 Å². The maximum Gasteiger partial charge on any atom is 0.185 e. The molecule has 2 aliphatic rings. The Balaban J connectivity index is 1.52. The normalized spacial score (nSPS) is 29.6. The third kappa shape index (κ3) is 2.88. The molecule has 1 aromatic heterocycles. The summed E-state index contributed by atoms with van der Waals surface area (Å²) in [5, 5.41) is 0. The molecule has 3 rings (SSSR count). The number of likely N-dealkylation sites (tertiary alicyclic amines) is 1. The number of piperidine rings is 1. The molecule has 0 bridgehead atoms. The van der Waals surface area contributed by atoms with E-state index in [1.54, 1.807) is 6.20 Å². The number of hydrogen-bond acceptors (Lipinski definition) is 4. The highest BCUT2D eigenvalue weighted by Crippen LogP contribution is 2.26. The first-order valence-electron chi connectivity index (χ1n) is 6.81. The van der Waals surface area contributed by atoms with Crippen molar-refractivity contribution in [1.29, 1.82) is 0 Å². The summed E-state index contributed by atoms with van der Waals surface area (Å²) in [6.07, 6.45) is 7.56. The standard InChI is InChI=1S/C14H20N2O2/c1-2-7-16(8-3-1)10-13-11-17-14(18-13)12-5-4-6-15-9-12/h4-6,9,13-14H,1-3,7-8,10-11H2/t13-,14+/m0/s1. The molecule has 2 saturated heterocycles. The summed E-state index contributed by atoms with van der Waals surface area (Å²) in [6.45, 7) is 4.10. The minimum absolute atomic E-state index is 0.202. The van der Waals surface area contributed by atoms with Gasteiger partial charge < -0.3 is 14.4 Å². The summed E-state index contributed by atoms with van der Waals surface area (Å²) in [6, 6.07) is 3.92. The van der Waals surface area contributed by atoms with Crippen LogP contribution in [0.15, 0.2) is 24.5 Å². The molecule has 0 aliphatic carbocycles. The number of hydrogen-bond donors (Lipinski definition) is 0. The van der Waals surface area contributed by atoms with Crippen LogP contribution in [0.1, 0.15) is 31.1 Å². The van der Waals surface area contributed by atoms with Crippen LogP contribution in [0, 0.1) is 0 Å². The highest BCUT2D eigenvalue weighted by Gasteiger charge is 2.29. The van der Waals surface area contributed by atoms with Crippen molar-refractivity contribution in [3.05, 3.63) is 30.1 Å². The molecular formula is C14H20N2O2. The highest BCUT2D eigenvalue weighted by atomic mass is 16.7. The Morgan fingerprint density at radius 1 is 1.28 bits per heavy atom. The van der Waals surface area contributed by atoms with Gasteiger partial charge in [0.25, 0.3) is 0 Å². The van der Waals surface area contributed by atoms with Crippen molar-refractivity contribution in [3.8, 4) is 0 Å². The van der Waals surface area contributed by atoms with Crippen molar-refractivity contribution in [2.45, 2.75) is 31.7 Å². The van der Waals surface area contributed by atoms with Crippen molar-refractivity contribution >= 4 is 0 Å². The van der Waals surface area contributed by atoms with E-state index in [0.717, 1.165) is 12.1 Å². The monoisotopic (exact) mass is 248 g/mol. The van der Waals surface area contributed by atoms with Gasteiger partial charge in [0, 0.05) is 24.5 Å². The molecule has 0 aromatic carbocycles. The van der Waals surface area contributed by atoms with Gasteiger partial charge in [-0.05, 0) is 32.0 Å². The van der Waals surface area contributed by atoms with Gasteiger partial charge in [-0.25, -0.2) is 0 Å². The van der Waals surface area contributed by atoms with Crippen LogP contribution < -0.4 is 0 Å². The lowest BCUT2D eigenvalue weighted by Crippen LogP contribution is -2.37. The second-order valence-electron chi connectivity index (χ2n) is 5.07. The summed E-state index contributed by atoms with van der Waals surface area (Å²) in [5.74, 6) is 0. The van der Waals surface area contributed by atoms with Gasteiger partial charge in [-0.15, -0.1) is 0 Å². The molecule has 4 nitrogen and oxygen atoms in total. The van der Waals surface area contributed by atoms with Crippen LogP contribution in [0.25, 0.3) is 0 Å². The Morgan fingerprint density at radius 2 is 2.17 bits per heavy atom. The van der Waals surface area contributed by atoms with Crippen molar-refractivity contribution in [2.24, 2.45) is 0 Å². The van der Waals surface area contributed by atoms with Crippen molar-refractivity contribution < 1.29 is 9.47 Å². The lowest BCUT2D eigenvalue weighted by molar-refractivity contribution is -0.0650. The Bertz CT molecular complexity index is 365. The molecule has 3 heterocycles. The predicted molar refractivity (Wildman–Crippen MR) is 68.1 cm³/mol. The van der Waals surface area contributed by atoms with E-state index < -0.39 is 0 Å². The summed E-state index contributed by atoms with van der Waals surface area (Å²) in [4.78, 5) is 6.59. The zero-order valence-electron chi connectivity index (χ0n) is 10.6. The van der Waals surface area contributed by atoms with Crippen LogP contribution in [0.4, 0.5) is 0 Å². The van der Waals surface area contributed by atoms with Crippen molar-refractivity contribution in [1.82, 2.24) is 9.88 Å². The van der Waals surface area contributed by atoms with Crippen LogP contribution in [0.2, 0.25) is 0 Å². The lowest BCUT2D eigenvalue weighted by atomic mass is 10.1. The summed E-state index contributed by atoms with van der Waals surface area (Å²) >= 11 is 0. The van der Waals surface area contributed by atoms with E-state index in [4.69, 9.17) is 9.47 Å². The fourth-order valence-corrected chi connectivity index (χ4v) is 2.66. The van der Waals surface area contributed by atoms with Gasteiger partial charge in [-0.3, -0.25) is 4.98 Å². The molecule has 0 radical (unpaired) electrons. The van der Waals surface area contributed by atoms with Gasteiger partial charge in [-0.1, -0.05) is 12.5 Å². The number of ether oxygens (including phenoxy) is 2. The fourth-order valence-electron chi connectivity index (χ4n) is 2.66. The zero-order valence-corrected chi connectivity index (χ0v) is 10.6.